The quantitative estimate of drug-likeness (QED) is 0.609. The van der Waals surface area contributed by atoms with Gasteiger partial charge in [-0.1, -0.05) is 6.92 Å². The molecule has 0 spiro atoms. The van der Waals surface area contributed by atoms with Crippen LogP contribution >= 0.6 is 0 Å². The molecule has 1 rings (SSSR count). The van der Waals surface area contributed by atoms with Crippen molar-refractivity contribution in [3.63, 3.8) is 0 Å². The van der Waals surface area contributed by atoms with Crippen molar-refractivity contribution >= 4 is 5.91 Å². The molecule has 1 aliphatic heterocycles. The Hall–Kier alpha value is -0.610. The Kier molecular flexibility index (Phi) is 3.69. The summed E-state index contributed by atoms with van der Waals surface area (Å²) in [6.45, 7) is 6.93. The lowest BCUT2D eigenvalue weighted by molar-refractivity contribution is -0.124. The minimum atomic E-state index is -0.222. The first-order valence-electron chi connectivity index (χ1n) is 4.92. The van der Waals surface area contributed by atoms with Gasteiger partial charge in [-0.2, -0.15) is 0 Å². The van der Waals surface area contributed by atoms with Gasteiger partial charge in [0.05, 0.1) is 6.04 Å². The molecule has 1 amide bonds. The van der Waals surface area contributed by atoms with Crippen LogP contribution in [-0.2, 0) is 4.79 Å². The highest BCUT2D eigenvalue weighted by Crippen LogP contribution is 2.10. The molecule has 1 aliphatic rings. The summed E-state index contributed by atoms with van der Waals surface area (Å²) in [6.07, 6.45) is 1.06. The molecule has 76 valence electrons. The number of nitrogens with zero attached hydrogens (tertiary/aromatic N) is 1. The molecule has 4 nitrogen and oxygen atoms in total. The topological polar surface area (TPSA) is 58.4 Å². The van der Waals surface area contributed by atoms with E-state index in [1.807, 2.05) is 6.92 Å². The fraction of sp³-hybridized carbons (Fsp3) is 0.889. The lowest BCUT2D eigenvalue weighted by Crippen LogP contribution is -2.61. The Morgan fingerprint density at radius 2 is 2.31 bits per heavy atom. The first-order valence-corrected chi connectivity index (χ1v) is 4.92. The molecule has 0 aromatic heterocycles. The van der Waals surface area contributed by atoms with E-state index in [1.54, 1.807) is 0 Å². The average Bonchev–Trinajstić information content (AvgIpc) is 1.99. The summed E-state index contributed by atoms with van der Waals surface area (Å²) in [6, 6.07) is 0.370. The van der Waals surface area contributed by atoms with Crippen LogP contribution in [0, 0.1) is 0 Å². The van der Waals surface area contributed by atoms with Gasteiger partial charge in [0.1, 0.15) is 0 Å². The van der Waals surface area contributed by atoms with E-state index in [0.717, 1.165) is 26.1 Å². The maximum atomic E-state index is 11.0. The van der Waals surface area contributed by atoms with E-state index in [2.05, 4.69) is 17.1 Å². The van der Waals surface area contributed by atoms with Gasteiger partial charge < -0.3 is 11.1 Å². The van der Waals surface area contributed by atoms with Gasteiger partial charge in [-0.25, -0.2) is 0 Å². The summed E-state index contributed by atoms with van der Waals surface area (Å²) >= 11 is 0. The first-order chi connectivity index (χ1) is 6.16. The number of rotatable bonds is 5. The van der Waals surface area contributed by atoms with Gasteiger partial charge in [0.15, 0.2) is 0 Å². The van der Waals surface area contributed by atoms with Crippen LogP contribution in [0.25, 0.3) is 0 Å². The van der Waals surface area contributed by atoms with Crippen molar-refractivity contribution in [2.75, 3.05) is 19.6 Å². The van der Waals surface area contributed by atoms with Crippen LogP contribution in [0.5, 0.6) is 0 Å². The zero-order chi connectivity index (χ0) is 9.84. The minimum Gasteiger partial charge on any atom is -0.368 e. The van der Waals surface area contributed by atoms with Crippen LogP contribution < -0.4 is 11.1 Å². The van der Waals surface area contributed by atoms with E-state index < -0.39 is 0 Å². The lowest BCUT2D eigenvalue weighted by atomic mass is 10.1. The molecule has 0 radical (unpaired) electrons. The predicted molar refractivity (Wildman–Crippen MR) is 52.3 cm³/mol. The number of primary amides is 1. The minimum absolute atomic E-state index is 0.132. The molecule has 1 saturated heterocycles. The second-order valence-corrected chi connectivity index (χ2v) is 3.63. The lowest BCUT2D eigenvalue weighted by Gasteiger charge is -2.40. The SMILES string of the molecule is CCCN(C1CNC1)C(C)C(N)=O. The molecule has 1 atom stereocenters. The van der Waals surface area contributed by atoms with Gasteiger partial charge in [0.25, 0.3) is 0 Å². The molecule has 4 heteroatoms. The van der Waals surface area contributed by atoms with Crippen LogP contribution in [0.2, 0.25) is 0 Å². The normalized spacial score (nSPS) is 19.9. The van der Waals surface area contributed by atoms with Gasteiger partial charge >= 0.3 is 0 Å². The molecule has 0 aliphatic carbocycles. The van der Waals surface area contributed by atoms with Gasteiger partial charge in [0, 0.05) is 19.1 Å². The predicted octanol–water partition coefficient (Wildman–Crippen LogP) is -0.456. The maximum absolute atomic E-state index is 11.0. The smallest absolute Gasteiger partial charge is 0.234 e. The number of carbonyl (C=O) groups is 1. The maximum Gasteiger partial charge on any atom is 0.234 e. The van der Waals surface area contributed by atoms with Crippen LogP contribution in [-0.4, -0.2) is 42.5 Å². The molecule has 0 saturated carbocycles. The summed E-state index contributed by atoms with van der Waals surface area (Å²) in [7, 11) is 0. The Labute approximate surface area is 79.5 Å². The average molecular weight is 185 g/mol. The van der Waals surface area contributed by atoms with Crippen molar-refractivity contribution in [3.8, 4) is 0 Å². The third-order valence-electron chi connectivity index (χ3n) is 2.62. The van der Waals surface area contributed by atoms with Gasteiger partial charge in [0.2, 0.25) is 5.91 Å². The Morgan fingerprint density at radius 1 is 1.69 bits per heavy atom. The third-order valence-corrected chi connectivity index (χ3v) is 2.62. The summed E-state index contributed by atoms with van der Waals surface area (Å²) in [5.41, 5.74) is 5.28. The van der Waals surface area contributed by atoms with E-state index in [-0.39, 0.29) is 11.9 Å². The van der Waals surface area contributed by atoms with Crippen molar-refractivity contribution < 1.29 is 4.79 Å². The largest absolute Gasteiger partial charge is 0.368 e. The van der Waals surface area contributed by atoms with Crippen LogP contribution in [0.4, 0.5) is 0 Å². The van der Waals surface area contributed by atoms with E-state index in [9.17, 15) is 4.79 Å². The molecule has 0 aromatic carbocycles. The number of nitrogens with two attached hydrogens (primary N) is 1. The molecule has 1 unspecified atom stereocenters. The zero-order valence-electron chi connectivity index (χ0n) is 8.42. The van der Waals surface area contributed by atoms with Crippen LogP contribution in [0.3, 0.4) is 0 Å². The fourth-order valence-electron chi connectivity index (χ4n) is 1.62. The summed E-state index contributed by atoms with van der Waals surface area (Å²) in [5, 5.41) is 3.20. The van der Waals surface area contributed by atoms with E-state index >= 15 is 0 Å². The van der Waals surface area contributed by atoms with Crippen molar-refractivity contribution in [1.82, 2.24) is 10.2 Å². The standard InChI is InChI=1S/C9H19N3O/c1-3-4-12(7(2)9(10)13)8-5-11-6-8/h7-8,11H,3-6H2,1-2H3,(H2,10,13). The number of nitrogens with one attached hydrogen (secondary N) is 1. The van der Waals surface area contributed by atoms with Crippen molar-refractivity contribution in [2.24, 2.45) is 5.73 Å². The monoisotopic (exact) mass is 185 g/mol. The molecule has 0 aromatic rings. The molecule has 13 heavy (non-hydrogen) atoms. The fourth-order valence-corrected chi connectivity index (χ4v) is 1.62. The number of amides is 1. The molecule has 0 bridgehead atoms. The van der Waals surface area contributed by atoms with Gasteiger partial charge in [-0.15, -0.1) is 0 Å². The molecule has 1 fully saturated rings. The molecule has 1 heterocycles. The molecular formula is C9H19N3O. The van der Waals surface area contributed by atoms with Crippen molar-refractivity contribution in [1.29, 1.82) is 0 Å². The Morgan fingerprint density at radius 3 is 2.62 bits per heavy atom. The second kappa shape index (κ2) is 4.58. The first kappa shape index (κ1) is 10.5. The van der Waals surface area contributed by atoms with E-state index in [4.69, 9.17) is 5.73 Å². The van der Waals surface area contributed by atoms with Crippen molar-refractivity contribution in [3.05, 3.63) is 0 Å². The highest BCUT2D eigenvalue weighted by atomic mass is 16.1. The molecular weight excluding hydrogens is 166 g/mol. The highest BCUT2D eigenvalue weighted by Gasteiger charge is 2.29. The highest BCUT2D eigenvalue weighted by molar-refractivity contribution is 5.79. The second-order valence-electron chi connectivity index (χ2n) is 3.63. The number of hydrogen-bond acceptors (Lipinski definition) is 3. The molecule has 3 N–H and O–H groups in total. The Balaban J connectivity index is 2.49. The van der Waals surface area contributed by atoms with Crippen LogP contribution in [0.15, 0.2) is 0 Å². The zero-order valence-corrected chi connectivity index (χ0v) is 8.42. The van der Waals surface area contributed by atoms with E-state index in [0.29, 0.717) is 6.04 Å². The summed E-state index contributed by atoms with van der Waals surface area (Å²) in [5.74, 6) is -0.222. The Bertz CT molecular complexity index is 180. The van der Waals surface area contributed by atoms with Gasteiger partial charge in [-0.3, -0.25) is 9.69 Å². The summed E-state index contributed by atoms with van der Waals surface area (Å²) in [4.78, 5) is 13.2. The third kappa shape index (κ3) is 2.42. The summed E-state index contributed by atoms with van der Waals surface area (Å²) < 4.78 is 0. The number of carbonyl (C=O) groups excluding carboxylic acids is 1. The van der Waals surface area contributed by atoms with Crippen molar-refractivity contribution in [2.45, 2.75) is 32.4 Å². The van der Waals surface area contributed by atoms with Gasteiger partial charge in [-0.05, 0) is 19.9 Å². The van der Waals surface area contributed by atoms with E-state index in [1.165, 1.54) is 0 Å². The number of hydrogen-bond donors (Lipinski definition) is 2. The van der Waals surface area contributed by atoms with Crippen LogP contribution in [0.1, 0.15) is 20.3 Å².